The summed E-state index contributed by atoms with van der Waals surface area (Å²) in [4.78, 5) is 35.5. The number of methoxy groups -OCH3 is 1. The number of rotatable bonds is 2. The number of hydrogen-bond donors (Lipinski definition) is 0. The van der Waals surface area contributed by atoms with E-state index in [1.807, 2.05) is 30.3 Å². The normalized spacial score (nSPS) is 13.3. The highest BCUT2D eigenvalue weighted by Gasteiger charge is 2.28. The predicted octanol–water partition coefficient (Wildman–Crippen LogP) is 3.01. The molecule has 0 unspecified atom stereocenters. The molecule has 1 amide bonds. The highest BCUT2D eigenvalue weighted by Crippen LogP contribution is 2.31. The summed E-state index contributed by atoms with van der Waals surface area (Å²) in [5.41, 5.74) is 3.80. The first-order valence-corrected chi connectivity index (χ1v) is 8.43. The van der Waals surface area contributed by atoms with Crippen molar-refractivity contribution in [1.29, 1.82) is 0 Å². The molecule has 0 atom stereocenters. The molecule has 1 aromatic heterocycles. The molecular formula is C20H17N3O3. The molecule has 1 aliphatic heterocycles. The van der Waals surface area contributed by atoms with Crippen LogP contribution in [0.2, 0.25) is 0 Å². The summed E-state index contributed by atoms with van der Waals surface area (Å²) in [5, 5.41) is 0. The summed E-state index contributed by atoms with van der Waals surface area (Å²) in [6, 6.07) is 12.8. The van der Waals surface area contributed by atoms with Gasteiger partial charge in [-0.3, -0.25) is 9.78 Å². The number of para-hydroxylation sites is 2. The van der Waals surface area contributed by atoms with Gasteiger partial charge in [0.15, 0.2) is 0 Å². The van der Waals surface area contributed by atoms with Crippen LogP contribution in [0, 0.1) is 0 Å². The van der Waals surface area contributed by atoms with Gasteiger partial charge in [-0.15, -0.1) is 0 Å². The Morgan fingerprint density at radius 1 is 1.08 bits per heavy atom. The third kappa shape index (κ3) is 2.69. The summed E-state index contributed by atoms with van der Waals surface area (Å²) in [6.07, 6.45) is 3.00. The van der Waals surface area contributed by atoms with E-state index in [0.717, 1.165) is 29.6 Å². The first-order valence-electron chi connectivity index (χ1n) is 8.43. The van der Waals surface area contributed by atoms with E-state index in [4.69, 9.17) is 4.74 Å². The highest BCUT2D eigenvalue weighted by molar-refractivity contribution is 6.07. The van der Waals surface area contributed by atoms with Crippen molar-refractivity contribution in [1.82, 2.24) is 9.97 Å². The smallest absolute Gasteiger partial charge is 0.338 e. The number of amides is 1. The second kappa shape index (κ2) is 6.55. The predicted molar refractivity (Wildman–Crippen MR) is 97.3 cm³/mol. The number of fused-ring (bicyclic) bond motifs is 2. The van der Waals surface area contributed by atoms with Gasteiger partial charge in [-0.2, -0.15) is 0 Å². The summed E-state index contributed by atoms with van der Waals surface area (Å²) in [7, 11) is 1.36. The fourth-order valence-electron chi connectivity index (χ4n) is 3.34. The SMILES string of the molecule is COC(=O)c1cccc2c1CCCN2C(=O)c1cnc2ccccc2n1. The van der Waals surface area contributed by atoms with Gasteiger partial charge in [0.05, 0.1) is 29.9 Å². The summed E-state index contributed by atoms with van der Waals surface area (Å²) in [6.45, 7) is 0.574. The number of esters is 1. The maximum absolute atomic E-state index is 13.1. The van der Waals surface area contributed by atoms with Crippen LogP contribution < -0.4 is 4.90 Å². The van der Waals surface area contributed by atoms with E-state index in [1.54, 1.807) is 17.0 Å². The molecule has 0 saturated carbocycles. The van der Waals surface area contributed by atoms with Crippen molar-refractivity contribution in [3.8, 4) is 0 Å². The molecule has 0 radical (unpaired) electrons. The minimum Gasteiger partial charge on any atom is -0.465 e. The molecule has 4 rings (SSSR count). The lowest BCUT2D eigenvalue weighted by Crippen LogP contribution is -2.36. The van der Waals surface area contributed by atoms with E-state index in [-0.39, 0.29) is 11.9 Å². The molecule has 6 nitrogen and oxygen atoms in total. The maximum Gasteiger partial charge on any atom is 0.338 e. The second-order valence-electron chi connectivity index (χ2n) is 6.10. The maximum atomic E-state index is 13.1. The molecule has 0 N–H and O–H groups in total. The number of aromatic nitrogens is 2. The molecule has 0 saturated heterocycles. The zero-order valence-corrected chi connectivity index (χ0v) is 14.3. The monoisotopic (exact) mass is 347 g/mol. The molecular weight excluding hydrogens is 330 g/mol. The van der Waals surface area contributed by atoms with Gasteiger partial charge in [-0.25, -0.2) is 9.78 Å². The Morgan fingerprint density at radius 2 is 1.88 bits per heavy atom. The Kier molecular flexibility index (Phi) is 4.08. The molecule has 6 heteroatoms. The fourth-order valence-corrected chi connectivity index (χ4v) is 3.34. The van der Waals surface area contributed by atoms with Crippen molar-refractivity contribution in [2.75, 3.05) is 18.6 Å². The lowest BCUT2D eigenvalue weighted by atomic mass is 9.96. The largest absolute Gasteiger partial charge is 0.465 e. The molecule has 0 aliphatic carbocycles. The van der Waals surface area contributed by atoms with Crippen molar-refractivity contribution < 1.29 is 14.3 Å². The van der Waals surface area contributed by atoms with Crippen molar-refractivity contribution >= 4 is 28.6 Å². The number of carbonyl (C=O) groups excluding carboxylic acids is 2. The molecule has 26 heavy (non-hydrogen) atoms. The highest BCUT2D eigenvalue weighted by atomic mass is 16.5. The van der Waals surface area contributed by atoms with Crippen LogP contribution in [0.15, 0.2) is 48.7 Å². The number of ether oxygens (including phenoxy) is 1. The number of carbonyl (C=O) groups is 2. The second-order valence-corrected chi connectivity index (χ2v) is 6.10. The molecule has 0 spiro atoms. The van der Waals surface area contributed by atoms with E-state index in [9.17, 15) is 9.59 Å². The zero-order valence-electron chi connectivity index (χ0n) is 14.3. The lowest BCUT2D eigenvalue weighted by Gasteiger charge is -2.30. The quantitative estimate of drug-likeness (QED) is 0.666. The van der Waals surface area contributed by atoms with Crippen LogP contribution >= 0.6 is 0 Å². The summed E-state index contributed by atoms with van der Waals surface area (Å²) >= 11 is 0. The number of anilines is 1. The molecule has 0 bridgehead atoms. The van der Waals surface area contributed by atoms with Crippen LogP contribution in [0.1, 0.15) is 32.8 Å². The molecule has 130 valence electrons. The Balaban J connectivity index is 1.75. The van der Waals surface area contributed by atoms with Crippen molar-refractivity contribution in [2.24, 2.45) is 0 Å². The van der Waals surface area contributed by atoms with E-state index in [2.05, 4.69) is 9.97 Å². The van der Waals surface area contributed by atoms with Gasteiger partial charge in [0.1, 0.15) is 5.69 Å². The Bertz CT molecular complexity index is 1020. The molecule has 2 aromatic carbocycles. The third-order valence-electron chi connectivity index (χ3n) is 4.57. The molecule has 1 aliphatic rings. The van der Waals surface area contributed by atoms with Crippen LogP contribution in [0.5, 0.6) is 0 Å². The summed E-state index contributed by atoms with van der Waals surface area (Å²) in [5.74, 6) is -0.604. The van der Waals surface area contributed by atoms with Crippen LogP contribution in [-0.4, -0.2) is 35.5 Å². The van der Waals surface area contributed by atoms with Gasteiger partial charge < -0.3 is 9.64 Å². The molecule has 3 aromatic rings. The Labute approximate surface area is 150 Å². The van der Waals surface area contributed by atoms with Gasteiger partial charge in [-0.05, 0) is 42.7 Å². The van der Waals surface area contributed by atoms with Crippen LogP contribution in [0.3, 0.4) is 0 Å². The van der Waals surface area contributed by atoms with E-state index >= 15 is 0 Å². The van der Waals surface area contributed by atoms with Gasteiger partial charge in [0, 0.05) is 12.2 Å². The van der Waals surface area contributed by atoms with Crippen molar-refractivity contribution in [2.45, 2.75) is 12.8 Å². The number of nitrogens with zero attached hydrogens (tertiary/aromatic N) is 3. The van der Waals surface area contributed by atoms with Crippen LogP contribution in [-0.2, 0) is 11.2 Å². The minimum atomic E-state index is -0.387. The number of hydrogen-bond acceptors (Lipinski definition) is 5. The zero-order chi connectivity index (χ0) is 18.1. The Hall–Kier alpha value is -3.28. The van der Waals surface area contributed by atoms with Crippen LogP contribution in [0.4, 0.5) is 5.69 Å². The minimum absolute atomic E-state index is 0.216. The van der Waals surface area contributed by atoms with E-state index in [1.165, 1.54) is 13.3 Å². The summed E-state index contributed by atoms with van der Waals surface area (Å²) < 4.78 is 4.87. The van der Waals surface area contributed by atoms with Gasteiger partial charge in [-0.1, -0.05) is 18.2 Å². The van der Waals surface area contributed by atoms with Gasteiger partial charge in [0.2, 0.25) is 0 Å². The van der Waals surface area contributed by atoms with E-state index in [0.29, 0.717) is 23.3 Å². The molecule has 2 heterocycles. The Morgan fingerprint density at radius 3 is 2.69 bits per heavy atom. The first kappa shape index (κ1) is 16.2. The van der Waals surface area contributed by atoms with Crippen LogP contribution in [0.25, 0.3) is 11.0 Å². The van der Waals surface area contributed by atoms with E-state index < -0.39 is 0 Å². The number of benzene rings is 2. The van der Waals surface area contributed by atoms with Crippen molar-refractivity contribution in [3.63, 3.8) is 0 Å². The average Bonchev–Trinajstić information content (AvgIpc) is 2.71. The first-order chi connectivity index (χ1) is 12.7. The van der Waals surface area contributed by atoms with Gasteiger partial charge in [0.25, 0.3) is 5.91 Å². The fraction of sp³-hybridized carbons (Fsp3) is 0.200. The average molecular weight is 347 g/mol. The third-order valence-corrected chi connectivity index (χ3v) is 4.57. The van der Waals surface area contributed by atoms with Crippen molar-refractivity contribution in [3.05, 3.63) is 65.5 Å². The topological polar surface area (TPSA) is 72.4 Å². The lowest BCUT2D eigenvalue weighted by molar-refractivity contribution is 0.0599. The molecule has 0 fully saturated rings. The van der Waals surface area contributed by atoms with Gasteiger partial charge >= 0.3 is 5.97 Å². The standard InChI is InChI=1S/C20H17N3O3/c1-26-20(25)14-6-4-10-18-13(14)7-5-11-23(18)19(24)17-12-21-15-8-2-3-9-16(15)22-17/h2-4,6,8-10,12H,5,7,11H2,1H3.